The fourth-order valence-corrected chi connectivity index (χ4v) is 0.0577. The van der Waals surface area contributed by atoms with Crippen molar-refractivity contribution < 1.29 is 31.7 Å². The Morgan fingerprint density at radius 3 is 1.10 bits per heavy atom. The summed E-state index contributed by atoms with van der Waals surface area (Å²) in [5.74, 6) is 0. The minimum Gasteiger partial charge on any atom is -0.412 e. The van der Waals surface area contributed by atoms with Gasteiger partial charge in [0.1, 0.15) is 6.10 Å². The molecular weight excluding hydrogens is 159 g/mol. The van der Waals surface area contributed by atoms with Crippen LogP contribution < -0.4 is 0 Å². The quantitative estimate of drug-likeness (QED) is 0.360. The lowest BCUT2D eigenvalue weighted by molar-refractivity contribution is 0.0450. The number of rotatable bonds is 2. The molecule has 0 saturated heterocycles. The monoisotopic (exact) mass is 173 g/mol. The molecule has 0 fully saturated rings. The zero-order chi connectivity index (χ0) is 4.99. The molecule has 0 spiro atoms. The topological polar surface area (TPSA) is 155 Å². The van der Waals surface area contributed by atoms with Gasteiger partial charge in [0.15, 0.2) is 0 Å². The maximum atomic E-state index is 8.17. The smallest absolute Gasteiger partial charge is 0.100 e. The zero-order valence-corrected chi connectivity index (χ0v) is 6.57. The normalized spacial score (nSPS) is 6.00. The van der Waals surface area contributed by atoms with E-state index in [-0.39, 0.29) is 47.0 Å². The molecule has 6 nitrogen and oxygen atoms in total. The maximum Gasteiger partial charge on any atom is 0.100 e. The lowest BCUT2D eigenvalue weighted by atomic mass is 10.4. The van der Waals surface area contributed by atoms with E-state index in [1.807, 2.05) is 0 Å². The standard InChI is InChI=1S/C3H8O3.Al.3H2O/c4-1-3(6)2-5;;;;/h3-6H,1-2H2;;3*1H2. The van der Waals surface area contributed by atoms with Gasteiger partial charge in [-0.2, -0.15) is 0 Å². The summed E-state index contributed by atoms with van der Waals surface area (Å²) in [6.45, 7) is -0.729. The highest BCUT2D eigenvalue weighted by molar-refractivity contribution is 5.75. The Morgan fingerprint density at radius 2 is 1.10 bits per heavy atom. The predicted octanol–water partition coefficient (Wildman–Crippen LogP) is -4.52. The summed E-state index contributed by atoms with van der Waals surface area (Å²) in [6.07, 6.45) is -0.954. The van der Waals surface area contributed by atoms with Crippen molar-refractivity contribution in [2.75, 3.05) is 13.2 Å². The van der Waals surface area contributed by atoms with Crippen molar-refractivity contribution in [2.24, 2.45) is 0 Å². The third-order valence-corrected chi connectivity index (χ3v) is 0.421. The van der Waals surface area contributed by atoms with Crippen LogP contribution in [0.4, 0.5) is 0 Å². The Morgan fingerprint density at radius 1 is 0.900 bits per heavy atom. The Balaban J connectivity index is -0.0000000208. The fraction of sp³-hybridized carbons (Fsp3) is 1.00. The van der Waals surface area contributed by atoms with Crippen LogP contribution in [0.1, 0.15) is 0 Å². The molecule has 65 valence electrons. The first-order chi connectivity index (χ1) is 2.81. The van der Waals surface area contributed by atoms with Gasteiger partial charge in [-0.25, -0.2) is 0 Å². The molecule has 0 rings (SSSR count). The second-order valence-electron chi connectivity index (χ2n) is 1.02. The minimum absolute atomic E-state index is 0. The van der Waals surface area contributed by atoms with Gasteiger partial charge in [0, 0.05) is 17.4 Å². The number of hydrogen-bond donors (Lipinski definition) is 3. The Labute approximate surface area is 69.2 Å². The van der Waals surface area contributed by atoms with Crippen molar-refractivity contribution in [3.63, 3.8) is 0 Å². The van der Waals surface area contributed by atoms with E-state index in [2.05, 4.69) is 0 Å². The van der Waals surface area contributed by atoms with Gasteiger partial charge in [0.25, 0.3) is 0 Å². The highest BCUT2D eigenvalue weighted by Gasteiger charge is 1.93. The summed E-state index contributed by atoms with van der Waals surface area (Å²) >= 11 is 0. The summed E-state index contributed by atoms with van der Waals surface area (Å²) in [5.41, 5.74) is 0. The van der Waals surface area contributed by atoms with Crippen LogP contribution in [0.25, 0.3) is 0 Å². The van der Waals surface area contributed by atoms with E-state index in [0.29, 0.717) is 0 Å². The molecule has 0 aliphatic carbocycles. The lowest BCUT2D eigenvalue weighted by Gasteiger charge is -1.96. The summed E-state index contributed by atoms with van der Waals surface area (Å²) in [6, 6.07) is 0. The van der Waals surface area contributed by atoms with Gasteiger partial charge in [-0.05, 0) is 0 Å². The largest absolute Gasteiger partial charge is 0.412 e. The average Bonchev–Trinajstić information content (AvgIpc) is 1.65. The van der Waals surface area contributed by atoms with Crippen LogP contribution >= 0.6 is 0 Å². The van der Waals surface area contributed by atoms with Gasteiger partial charge in [-0.1, -0.05) is 0 Å². The van der Waals surface area contributed by atoms with Crippen LogP contribution in [-0.4, -0.2) is 68.4 Å². The summed E-state index contributed by atoms with van der Waals surface area (Å²) in [4.78, 5) is 0. The van der Waals surface area contributed by atoms with Gasteiger partial charge in [0.05, 0.1) is 13.2 Å². The molecular formula is C3H14AlO6. The first-order valence-corrected chi connectivity index (χ1v) is 1.71. The average molecular weight is 173 g/mol. The van der Waals surface area contributed by atoms with Crippen LogP contribution in [-0.2, 0) is 0 Å². The number of aliphatic hydroxyl groups excluding tert-OH is 3. The van der Waals surface area contributed by atoms with Gasteiger partial charge < -0.3 is 31.7 Å². The molecule has 3 radical (unpaired) electrons. The second kappa shape index (κ2) is 22.8. The SMILES string of the molecule is O.O.O.OCC(O)CO.[Al]. The number of hydrogen-bond acceptors (Lipinski definition) is 3. The van der Waals surface area contributed by atoms with Crippen molar-refractivity contribution in [1.29, 1.82) is 0 Å². The first-order valence-electron chi connectivity index (χ1n) is 1.71. The molecule has 9 N–H and O–H groups in total. The minimum atomic E-state index is -0.954. The third kappa shape index (κ3) is 23.9. The molecule has 0 aromatic carbocycles. The molecule has 0 unspecified atom stereocenters. The van der Waals surface area contributed by atoms with Gasteiger partial charge in [0.2, 0.25) is 0 Å². The van der Waals surface area contributed by atoms with E-state index < -0.39 is 6.10 Å². The summed E-state index contributed by atoms with van der Waals surface area (Å²) < 4.78 is 0. The van der Waals surface area contributed by atoms with Crippen molar-refractivity contribution >= 4 is 17.4 Å². The van der Waals surface area contributed by atoms with Gasteiger partial charge in [-0.15, -0.1) is 0 Å². The molecule has 0 heterocycles. The van der Waals surface area contributed by atoms with Crippen LogP contribution in [0.5, 0.6) is 0 Å². The molecule has 0 aromatic heterocycles. The molecule has 0 saturated carbocycles. The third-order valence-electron chi connectivity index (χ3n) is 0.421. The predicted molar refractivity (Wildman–Crippen MR) is 36.8 cm³/mol. The van der Waals surface area contributed by atoms with E-state index in [1.165, 1.54) is 0 Å². The second-order valence-corrected chi connectivity index (χ2v) is 1.02. The summed E-state index contributed by atoms with van der Waals surface area (Å²) in [7, 11) is 0. The molecule has 7 heteroatoms. The van der Waals surface area contributed by atoms with E-state index in [4.69, 9.17) is 15.3 Å². The molecule has 0 amide bonds. The fourth-order valence-electron chi connectivity index (χ4n) is 0.0577. The van der Waals surface area contributed by atoms with Crippen LogP contribution in [0.2, 0.25) is 0 Å². The number of aliphatic hydroxyl groups is 3. The molecule has 0 aliphatic heterocycles. The van der Waals surface area contributed by atoms with E-state index in [0.717, 1.165) is 0 Å². The van der Waals surface area contributed by atoms with E-state index in [9.17, 15) is 0 Å². The van der Waals surface area contributed by atoms with Crippen LogP contribution in [0, 0.1) is 0 Å². The first kappa shape index (κ1) is 31.7. The van der Waals surface area contributed by atoms with Crippen molar-refractivity contribution in [2.45, 2.75) is 6.10 Å². The Bertz CT molecular complexity index is 32.2. The zero-order valence-electron chi connectivity index (χ0n) is 5.41. The van der Waals surface area contributed by atoms with Crippen LogP contribution in [0.3, 0.4) is 0 Å². The lowest BCUT2D eigenvalue weighted by Crippen LogP contribution is -2.15. The van der Waals surface area contributed by atoms with Gasteiger partial charge in [-0.3, -0.25) is 0 Å². The van der Waals surface area contributed by atoms with Gasteiger partial charge >= 0.3 is 0 Å². The molecule has 0 bridgehead atoms. The summed E-state index contributed by atoms with van der Waals surface area (Å²) in [5, 5.41) is 24.0. The van der Waals surface area contributed by atoms with Crippen molar-refractivity contribution in [3.8, 4) is 0 Å². The Kier molecular flexibility index (Phi) is 72.4. The van der Waals surface area contributed by atoms with E-state index in [1.54, 1.807) is 0 Å². The highest BCUT2D eigenvalue weighted by atomic mass is 27.0. The molecule has 0 aromatic rings. The van der Waals surface area contributed by atoms with E-state index >= 15 is 0 Å². The Hall–Kier alpha value is 0.292. The highest BCUT2D eigenvalue weighted by Crippen LogP contribution is 1.71. The maximum absolute atomic E-state index is 8.17. The molecule has 0 atom stereocenters. The molecule has 0 aliphatic rings. The van der Waals surface area contributed by atoms with Crippen molar-refractivity contribution in [1.82, 2.24) is 0 Å². The molecule has 10 heavy (non-hydrogen) atoms. The van der Waals surface area contributed by atoms with Crippen LogP contribution in [0.15, 0.2) is 0 Å². The van der Waals surface area contributed by atoms with Crippen molar-refractivity contribution in [3.05, 3.63) is 0 Å².